The van der Waals surface area contributed by atoms with Crippen molar-refractivity contribution < 1.29 is 23.5 Å². The molecule has 9 nitrogen and oxygen atoms in total. The van der Waals surface area contributed by atoms with E-state index in [1.165, 1.54) is 7.11 Å². The van der Waals surface area contributed by atoms with Crippen molar-refractivity contribution in [3.63, 3.8) is 0 Å². The smallest absolute Gasteiger partial charge is 0.339 e. The molecular weight excluding hydrogens is 426 g/mol. The van der Waals surface area contributed by atoms with Crippen molar-refractivity contribution >= 4 is 34.5 Å². The normalized spacial score (nSPS) is 13.3. The SMILES string of the molecule is COc1ccc2c(C)c(CCC(=O)Nc3cccc(CN4C(=O)CNC4=O)c3)c(=O)oc2c1. The molecule has 0 radical (unpaired) electrons. The highest BCUT2D eigenvalue weighted by Gasteiger charge is 2.28. The van der Waals surface area contributed by atoms with Crippen LogP contribution in [0.15, 0.2) is 51.7 Å². The van der Waals surface area contributed by atoms with E-state index in [9.17, 15) is 19.2 Å². The largest absolute Gasteiger partial charge is 0.497 e. The Morgan fingerprint density at radius 3 is 2.73 bits per heavy atom. The van der Waals surface area contributed by atoms with Crippen LogP contribution in [0.25, 0.3) is 11.0 Å². The number of imide groups is 1. The van der Waals surface area contributed by atoms with Gasteiger partial charge in [-0.25, -0.2) is 9.59 Å². The standard InChI is InChI=1S/C24H23N3O6/c1-14-18-7-6-17(32-2)11-20(18)33-23(30)19(14)8-9-21(28)26-16-5-3-4-15(10-16)13-27-22(29)12-25-24(27)31/h3-7,10-11H,8-9,12-13H2,1-2H3,(H,25,31)(H,26,28). The Morgan fingerprint density at radius 1 is 1.18 bits per heavy atom. The number of hydrogen-bond donors (Lipinski definition) is 2. The molecule has 1 aromatic heterocycles. The van der Waals surface area contributed by atoms with Crippen molar-refractivity contribution in [2.45, 2.75) is 26.3 Å². The number of nitrogens with zero attached hydrogens (tertiary/aromatic N) is 1. The van der Waals surface area contributed by atoms with Gasteiger partial charge in [-0.2, -0.15) is 0 Å². The van der Waals surface area contributed by atoms with Crippen LogP contribution in [-0.4, -0.2) is 36.4 Å². The minimum atomic E-state index is -0.475. The molecule has 2 heterocycles. The molecule has 0 unspecified atom stereocenters. The molecule has 33 heavy (non-hydrogen) atoms. The second kappa shape index (κ2) is 9.15. The first-order chi connectivity index (χ1) is 15.9. The summed E-state index contributed by atoms with van der Waals surface area (Å²) >= 11 is 0. The molecule has 4 rings (SSSR count). The number of carbonyl (C=O) groups is 3. The molecule has 1 fully saturated rings. The topological polar surface area (TPSA) is 118 Å². The van der Waals surface area contributed by atoms with Crippen LogP contribution in [0, 0.1) is 6.92 Å². The highest BCUT2D eigenvalue weighted by atomic mass is 16.5. The van der Waals surface area contributed by atoms with Gasteiger partial charge >= 0.3 is 11.7 Å². The van der Waals surface area contributed by atoms with Crippen molar-refractivity contribution in [1.82, 2.24) is 10.2 Å². The van der Waals surface area contributed by atoms with E-state index in [1.54, 1.807) is 36.4 Å². The molecule has 9 heteroatoms. The summed E-state index contributed by atoms with van der Waals surface area (Å²) < 4.78 is 10.6. The molecule has 0 atom stereocenters. The summed E-state index contributed by atoms with van der Waals surface area (Å²) in [7, 11) is 1.54. The molecule has 1 aliphatic heterocycles. The number of nitrogens with one attached hydrogen (secondary N) is 2. The summed E-state index contributed by atoms with van der Waals surface area (Å²) in [6.45, 7) is 1.94. The van der Waals surface area contributed by atoms with Gasteiger partial charge in [0.15, 0.2) is 0 Å². The van der Waals surface area contributed by atoms with Crippen LogP contribution in [0.2, 0.25) is 0 Å². The number of ether oxygens (including phenoxy) is 1. The van der Waals surface area contributed by atoms with Crippen molar-refractivity contribution in [2.75, 3.05) is 19.0 Å². The number of amides is 4. The fourth-order valence-electron chi connectivity index (χ4n) is 3.80. The van der Waals surface area contributed by atoms with Crippen molar-refractivity contribution in [1.29, 1.82) is 0 Å². The fourth-order valence-corrected chi connectivity index (χ4v) is 3.80. The number of methoxy groups -OCH3 is 1. The predicted octanol–water partition coefficient (Wildman–Crippen LogP) is 2.73. The number of urea groups is 1. The zero-order chi connectivity index (χ0) is 23.5. The Morgan fingerprint density at radius 2 is 2.00 bits per heavy atom. The minimum Gasteiger partial charge on any atom is -0.497 e. The van der Waals surface area contributed by atoms with Crippen molar-refractivity contribution in [3.8, 4) is 5.75 Å². The van der Waals surface area contributed by atoms with E-state index in [0.29, 0.717) is 28.1 Å². The average molecular weight is 449 g/mol. The highest BCUT2D eigenvalue weighted by molar-refractivity contribution is 6.01. The fraction of sp³-hybridized carbons (Fsp3) is 0.250. The van der Waals surface area contributed by atoms with E-state index >= 15 is 0 Å². The van der Waals surface area contributed by atoms with Gasteiger partial charge in [0.05, 0.1) is 20.2 Å². The lowest BCUT2D eigenvalue weighted by Gasteiger charge is -2.13. The molecule has 0 bridgehead atoms. The van der Waals surface area contributed by atoms with Crippen molar-refractivity contribution in [3.05, 3.63) is 69.6 Å². The molecule has 0 saturated carbocycles. The molecule has 170 valence electrons. The van der Waals surface area contributed by atoms with E-state index in [-0.39, 0.29) is 37.7 Å². The number of hydrogen-bond acceptors (Lipinski definition) is 6. The Balaban J connectivity index is 1.43. The highest BCUT2D eigenvalue weighted by Crippen LogP contribution is 2.24. The van der Waals surface area contributed by atoms with E-state index in [4.69, 9.17) is 9.15 Å². The Hall–Kier alpha value is -4.14. The van der Waals surface area contributed by atoms with Gasteiger partial charge in [-0.05, 0) is 48.7 Å². The molecule has 2 N–H and O–H groups in total. The summed E-state index contributed by atoms with van der Waals surface area (Å²) in [4.78, 5) is 49.6. The molecule has 4 amide bonds. The summed E-state index contributed by atoms with van der Waals surface area (Å²) in [5.41, 5.74) is 2.43. The van der Waals surface area contributed by atoms with Crippen molar-refractivity contribution in [2.24, 2.45) is 0 Å². The predicted molar refractivity (Wildman–Crippen MR) is 121 cm³/mol. The molecule has 0 aliphatic carbocycles. The number of fused-ring (bicyclic) bond motifs is 1. The van der Waals surface area contributed by atoms with Gasteiger partial charge in [0.25, 0.3) is 0 Å². The Kier molecular flexibility index (Phi) is 6.12. The average Bonchev–Trinajstić information content (AvgIpc) is 3.10. The van der Waals surface area contributed by atoms with E-state index in [2.05, 4.69) is 10.6 Å². The van der Waals surface area contributed by atoms with Gasteiger partial charge in [-0.1, -0.05) is 12.1 Å². The van der Waals surface area contributed by atoms with Crippen LogP contribution < -0.4 is 21.0 Å². The molecule has 0 spiro atoms. The van der Waals surface area contributed by atoms with Crippen LogP contribution in [0.3, 0.4) is 0 Å². The molecule has 3 aromatic rings. The summed E-state index contributed by atoms with van der Waals surface area (Å²) in [6, 6.07) is 11.8. The van der Waals surface area contributed by atoms with Gasteiger partial charge in [-0.15, -0.1) is 0 Å². The first-order valence-corrected chi connectivity index (χ1v) is 10.4. The number of benzene rings is 2. The second-order valence-corrected chi connectivity index (χ2v) is 7.74. The lowest BCUT2D eigenvalue weighted by atomic mass is 10.0. The molecule has 1 aliphatic rings. The van der Waals surface area contributed by atoms with E-state index < -0.39 is 11.7 Å². The molecular formula is C24H23N3O6. The third-order valence-corrected chi connectivity index (χ3v) is 5.59. The van der Waals surface area contributed by atoms with E-state index in [1.807, 2.05) is 13.0 Å². The first kappa shape index (κ1) is 22.1. The summed E-state index contributed by atoms with van der Waals surface area (Å²) in [5, 5.41) is 6.06. The maximum absolute atomic E-state index is 12.5. The quantitative estimate of drug-likeness (QED) is 0.423. The van der Waals surface area contributed by atoms with E-state index in [0.717, 1.165) is 15.8 Å². The van der Waals surface area contributed by atoms with Gasteiger partial charge in [0.1, 0.15) is 11.3 Å². The lowest BCUT2D eigenvalue weighted by molar-refractivity contribution is -0.125. The van der Waals surface area contributed by atoms with Gasteiger partial charge < -0.3 is 19.8 Å². The van der Waals surface area contributed by atoms with Crippen LogP contribution in [0.4, 0.5) is 10.5 Å². The number of anilines is 1. The zero-order valence-corrected chi connectivity index (χ0v) is 18.3. The summed E-state index contributed by atoms with van der Waals surface area (Å²) in [5.74, 6) is 0.0300. The Bertz CT molecular complexity index is 1300. The molecule has 1 saturated heterocycles. The third-order valence-electron chi connectivity index (χ3n) is 5.59. The van der Waals surface area contributed by atoms with Crippen LogP contribution in [-0.2, 0) is 22.6 Å². The monoisotopic (exact) mass is 449 g/mol. The minimum absolute atomic E-state index is 0.00895. The second-order valence-electron chi connectivity index (χ2n) is 7.74. The zero-order valence-electron chi connectivity index (χ0n) is 18.3. The first-order valence-electron chi connectivity index (χ1n) is 10.4. The lowest BCUT2D eigenvalue weighted by Crippen LogP contribution is -2.30. The van der Waals surface area contributed by atoms with Crippen LogP contribution >= 0.6 is 0 Å². The van der Waals surface area contributed by atoms with Crippen LogP contribution in [0.1, 0.15) is 23.1 Å². The number of carbonyl (C=O) groups excluding carboxylic acids is 3. The number of aryl methyl sites for hydroxylation is 1. The maximum Gasteiger partial charge on any atom is 0.339 e. The third kappa shape index (κ3) is 4.72. The van der Waals surface area contributed by atoms with Crippen LogP contribution in [0.5, 0.6) is 5.75 Å². The van der Waals surface area contributed by atoms with Gasteiger partial charge in [0, 0.05) is 29.1 Å². The summed E-state index contributed by atoms with van der Waals surface area (Å²) in [6.07, 6.45) is 0.314. The van der Waals surface area contributed by atoms with Gasteiger partial charge in [0.2, 0.25) is 11.8 Å². The van der Waals surface area contributed by atoms with Gasteiger partial charge in [-0.3, -0.25) is 14.5 Å². The maximum atomic E-state index is 12.5. The molecule has 2 aromatic carbocycles. The number of rotatable bonds is 7. The Labute approximate surface area is 189 Å².